The molecule has 1 unspecified atom stereocenters. The van der Waals surface area contributed by atoms with E-state index in [2.05, 4.69) is 10.1 Å². The maximum atomic E-state index is 12.8. The molecule has 0 bridgehead atoms. The van der Waals surface area contributed by atoms with Crippen LogP contribution in [0.4, 0.5) is 0 Å². The maximum Gasteiger partial charge on any atom is 0.258 e. The number of aryl methyl sites for hydroxylation is 2. The molecule has 2 aromatic heterocycles. The van der Waals surface area contributed by atoms with Crippen LogP contribution in [0.5, 0.6) is 0 Å². The van der Waals surface area contributed by atoms with Gasteiger partial charge in [0.1, 0.15) is 11.5 Å². The molecule has 1 fully saturated rings. The lowest BCUT2D eigenvalue weighted by Crippen LogP contribution is -2.31. The Labute approximate surface area is 129 Å². The van der Waals surface area contributed by atoms with Gasteiger partial charge in [0, 0.05) is 12.5 Å². The summed E-state index contributed by atoms with van der Waals surface area (Å²) in [5, 5.41) is 4.07. The highest BCUT2D eigenvalue weighted by Gasteiger charge is 2.35. The zero-order chi connectivity index (χ0) is 15.9. The maximum absolute atomic E-state index is 12.8. The van der Waals surface area contributed by atoms with Crippen LogP contribution in [0.2, 0.25) is 0 Å². The van der Waals surface area contributed by atoms with Gasteiger partial charge in [0.2, 0.25) is 5.89 Å². The molecule has 1 aliphatic heterocycles. The summed E-state index contributed by atoms with van der Waals surface area (Å²) < 4.78 is 10.8. The number of amides is 1. The van der Waals surface area contributed by atoms with Crippen molar-refractivity contribution in [1.82, 2.24) is 15.0 Å². The van der Waals surface area contributed by atoms with Crippen molar-refractivity contribution in [3.8, 4) is 0 Å². The molecule has 3 heterocycles. The van der Waals surface area contributed by atoms with Gasteiger partial charge in [0.05, 0.1) is 11.6 Å². The fraction of sp³-hybridized carbons (Fsp3) is 0.562. The minimum Gasteiger partial charge on any atom is -0.466 e. The molecule has 1 aliphatic rings. The number of likely N-dealkylation sites (tertiary alicyclic amines) is 1. The van der Waals surface area contributed by atoms with E-state index in [1.165, 1.54) is 0 Å². The Balaban J connectivity index is 1.86. The first-order valence-corrected chi connectivity index (χ1v) is 7.69. The quantitative estimate of drug-likeness (QED) is 0.869. The first-order valence-electron chi connectivity index (χ1n) is 7.69. The van der Waals surface area contributed by atoms with Gasteiger partial charge in [-0.25, -0.2) is 0 Å². The second-order valence-corrected chi connectivity index (χ2v) is 6.13. The molecule has 6 heteroatoms. The van der Waals surface area contributed by atoms with Gasteiger partial charge in [-0.1, -0.05) is 19.0 Å². The van der Waals surface area contributed by atoms with Gasteiger partial charge in [0.15, 0.2) is 5.82 Å². The summed E-state index contributed by atoms with van der Waals surface area (Å²) in [6.45, 7) is 8.38. The van der Waals surface area contributed by atoms with E-state index in [9.17, 15) is 4.79 Å². The van der Waals surface area contributed by atoms with Gasteiger partial charge < -0.3 is 13.8 Å². The lowest BCUT2D eigenvalue weighted by molar-refractivity contribution is 0.0726. The van der Waals surface area contributed by atoms with Crippen LogP contribution in [-0.4, -0.2) is 27.5 Å². The van der Waals surface area contributed by atoms with Crippen LogP contribution in [0, 0.1) is 13.8 Å². The average molecular weight is 303 g/mol. The normalized spacial score (nSPS) is 18.4. The molecule has 2 aromatic rings. The molecule has 1 amide bonds. The van der Waals surface area contributed by atoms with Crippen molar-refractivity contribution >= 4 is 5.91 Å². The highest BCUT2D eigenvalue weighted by Crippen LogP contribution is 2.33. The summed E-state index contributed by atoms with van der Waals surface area (Å²) in [5.74, 6) is 2.79. The molecule has 118 valence electrons. The number of rotatable bonds is 3. The minimum absolute atomic E-state index is 0.0206. The van der Waals surface area contributed by atoms with Gasteiger partial charge in [-0.2, -0.15) is 4.98 Å². The summed E-state index contributed by atoms with van der Waals surface area (Å²) in [4.78, 5) is 19.1. The molecule has 0 aromatic carbocycles. The molecule has 0 N–H and O–H groups in total. The highest BCUT2D eigenvalue weighted by atomic mass is 16.5. The van der Waals surface area contributed by atoms with Crippen LogP contribution in [0.15, 0.2) is 15.0 Å². The summed E-state index contributed by atoms with van der Waals surface area (Å²) in [5.41, 5.74) is 0.622. The predicted octanol–water partition coefficient (Wildman–Crippen LogP) is 3.38. The van der Waals surface area contributed by atoms with E-state index in [-0.39, 0.29) is 17.9 Å². The van der Waals surface area contributed by atoms with Crippen molar-refractivity contribution in [1.29, 1.82) is 0 Å². The van der Waals surface area contributed by atoms with E-state index in [1.807, 2.05) is 32.6 Å². The fourth-order valence-electron chi connectivity index (χ4n) is 2.89. The largest absolute Gasteiger partial charge is 0.466 e. The van der Waals surface area contributed by atoms with Gasteiger partial charge in [-0.05, 0) is 32.8 Å². The summed E-state index contributed by atoms with van der Waals surface area (Å²) in [6, 6.07) is 1.68. The smallest absolute Gasteiger partial charge is 0.258 e. The summed E-state index contributed by atoms with van der Waals surface area (Å²) >= 11 is 0. The van der Waals surface area contributed by atoms with Crippen molar-refractivity contribution in [3.63, 3.8) is 0 Å². The van der Waals surface area contributed by atoms with Crippen LogP contribution in [-0.2, 0) is 0 Å². The molecule has 22 heavy (non-hydrogen) atoms. The van der Waals surface area contributed by atoms with E-state index in [1.54, 1.807) is 6.07 Å². The Morgan fingerprint density at radius 3 is 2.77 bits per heavy atom. The van der Waals surface area contributed by atoms with E-state index >= 15 is 0 Å². The van der Waals surface area contributed by atoms with E-state index in [4.69, 9.17) is 8.94 Å². The second kappa shape index (κ2) is 5.59. The molecule has 0 saturated carbocycles. The highest BCUT2D eigenvalue weighted by molar-refractivity contribution is 5.95. The van der Waals surface area contributed by atoms with Crippen LogP contribution < -0.4 is 0 Å². The summed E-state index contributed by atoms with van der Waals surface area (Å²) in [7, 11) is 0. The Bertz CT molecular complexity index is 687. The van der Waals surface area contributed by atoms with Gasteiger partial charge in [-0.3, -0.25) is 4.79 Å². The Morgan fingerprint density at radius 2 is 2.18 bits per heavy atom. The second-order valence-electron chi connectivity index (χ2n) is 6.13. The van der Waals surface area contributed by atoms with Crippen molar-refractivity contribution < 1.29 is 13.7 Å². The van der Waals surface area contributed by atoms with Crippen molar-refractivity contribution in [3.05, 3.63) is 34.9 Å². The number of nitrogens with zero attached hydrogens (tertiary/aromatic N) is 3. The zero-order valence-electron chi connectivity index (χ0n) is 13.4. The van der Waals surface area contributed by atoms with Crippen molar-refractivity contribution in [2.45, 2.75) is 52.5 Å². The first kappa shape index (κ1) is 14.8. The SMILES string of the molecule is Cc1cc(C(=O)N2CCCC2c2noc(C(C)C)n2)c(C)o1. The third kappa shape index (κ3) is 2.53. The number of carbonyl (C=O) groups is 1. The molecule has 1 saturated heterocycles. The average Bonchev–Trinajstić information content (AvgIpc) is 3.15. The molecule has 3 rings (SSSR count). The first-order chi connectivity index (χ1) is 10.5. The Kier molecular flexibility index (Phi) is 3.76. The lowest BCUT2D eigenvalue weighted by atomic mass is 10.1. The number of hydrogen-bond donors (Lipinski definition) is 0. The van der Waals surface area contributed by atoms with E-state index in [0.717, 1.165) is 18.6 Å². The monoisotopic (exact) mass is 303 g/mol. The minimum atomic E-state index is -0.113. The Hall–Kier alpha value is -2.11. The lowest BCUT2D eigenvalue weighted by Gasteiger charge is -2.21. The summed E-state index contributed by atoms with van der Waals surface area (Å²) in [6.07, 6.45) is 1.80. The number of aromatic nitrogens is 2. The van der Waals surface area contributed by atoms with Crippen LogP contribution in [0.3, 0.4) is 0 Å². The molecular weight excluding hydrogens is 282 g/mol. The number of furan rings is 1. The van der Waals surface area contributed by atoms with Gasteiger partial charge >= 0.3 is 0 Å². The third-order valence-corrected chi connectivity index (χ3v) is 4.03. The molecule has 1 atom stereocenters. The molecule has 0 aliphatic carbocycles. The van der Waals surface area contributed by atoms with Gasteiger partial charge in [-0.15, -0.1) is 0 Å². The van der Waals surface area contributed by atoms with Crippen LogP contribution in [0.1, 0.15) is 72.2 Å². The number of hydrogen-bond acceptors (Lipinski definition) is 5. The number of carbonyl (C=O) groups excluding carboxylic acids is 1. The van der Waals surface area contributed by atoms with Gasteiger partial charge in [0.25, 0.3) is 5.91 Å². The predicted molar refractivity (Wildman–Crippen MR) is 79.6 cm³/mol. The van der Waals surface area contributed by atoms with Crippen molar-refractivity contribution in [2.24, 2.45) is 0 Å². The molecule has 0 radical (unpaired) electrons. The Morgan fingerprint density at radius 1 is 1.41 bits per heavy atom. The van der Waals surface area contributed by atoms with Crippen molar-refractivity contribution in [2.75, 3.05) is 6.54 Å². The standard InChI is InChI=1S/C16H21N3O3/c1-9(2)15-17-14(18-22-15)13-6-5-7-19(13)16(20)12-8-10(3)21-11(12)4/h8-9,13H,5-7H2,1-4H3. The molecule has 6 nitrogen and oxygen atoms in total. The zero-order valence-corrected chi connectivity index (χ0v) is 13.4. The van der Waals surface area contributed by atoms with Crippen LogP contribution in [0.25, 0.3) is 0 Å². The van der Waals surface area contributed by atoms with E-state index in [0.29, 0.717) is 29.6 Å². The molecule has 0 spiro atoms. The topological polar surface area (TPSA) is 72.4 Å². The van der Waals surface area contributed by atoms with E-state index < -0.39 is 0 Å². The third-order valence-electron chi connectivity index (χ3n) is 4.03. The molecular formula is C16H21N3O3. The fourth-order valence-corrected chi connectivity index (χ4v) is 2.89. The van der Waals surface area contributed by atoms with Crippen LogP contribution >= 0.6 is 0 Å².